The molecule has 3 aromatic rings. The van der Waals surface area contributed by atoms with Gasteiger partial charge in [-0.3, -0.25) is 9.69 Å². The van der Waals surface area contributed by atoms with Crippen LogP contribution in [0.15, 0.2) is 72.8 Å². The summed E-state index contributed by atoms with van der Waals surface area (Å²) in [7, 11) is 1.60. The van der Waals surface area contributed by atoms with Crippen molar-refractivity contribution in [3.63, 3.8) is 0 Å². The van der Waals surface area contributed by atoms with Gasteiger partial charge in [0.25, 0.3) is 0 Å². The summed E-state index contributed by atoms with van der Waals surface area (Å²) in [4.78, 5) is 15.6. The minimum absolute atomic E-state index is 0.184. The molecule has 3 aromatic carbocycles. The number of methoxy groups -OCH3 is 1. The number of halogens is 1. The minimum Gasteiger partial charge on any atom is -0.497 e. The molecule has 0 saturated carbocycles. The van der Waals surface area contributed by atoms with Crippen molar-refractivity contribution in [2.24, 2.45) is 5.92 Å². The molecule has 5 rings (SSSR count). The Kier molecular flexibility index (Phi) is 5.38. The van der Waals surface area contributed by atoms with Crippen molar-refractivity contribution >= 4 is 46.2 Å². The van der Waals surface area contributed by atoms with Crippen LogP contribution in [-0.4, -0.2) is 23.9 Å². The number of benzene rings is 3. The van der Waals surface area contributed by atoms with Crippen LogP contribution in [0.3, 0.4) is 0 Å². The maximum Gasteiger partial charge on any atom is 0.236 e. The van der Waals surface area contributed by atoms with E-state index in [1.54, 1.807) is 31.4 Å². The number of hydrogen-bond donors (Lipinski definition) is 2. The Balaban J connectivity index is 1.58. The van der Waals surface area contributed by atoms with Crippen molar-refractivity contribution in [1.29, 1.82) is 0 Å². The van der Waals surface area contributed by atoms with Gasteiger partial charge in [-0.25, -0.2) is 0 Å². The van der Waals surface area contributed by atoms with E-state index in [0.717, 1.165) is 11.3 Å². The van der Waals surface area contributed by atoms with Crippen LogP contribution in [0.4, 0.5) is 11.4 Å². The molecule has 2 N–H and O–H groups in total. The molecule has 3 atom stereocenters. The van der Waals surface area contributed by atoms with Gasteiger partial charge in [0, 0.05) is 22.0 Å². The number of nitrogens with zero attached hydrogens (tertiary/aromatic N) is 1. The molecule has 0 unspecified atom stereocenters. The van der Waals surface area contributed by atoms with Crippen molar-refractivity contribution in [3.05, 3.63) is 83.4 Å². The first-order valence-corrected chi connectivity index (χ1v) is 11.3. The van der Waals surface area contributed by atoms with Crippen molar-refractivity contribution in [2.45, 2.75) is 18.7 Å². The summed E-state index contributed by atoms with van der Waals surface area (Å²) < 4.78 is 11.8. The number of para-hydroxylation sites is 1. The molecular weight excluding hydrogens is 458 g/mol. The van der Waals surface area contributed by atoms with E-state index in [1.807, 2.05) is 60.4 Å². The first kappa shape index (κ1) is 21.6. The summed E-state index contributed by atoms with van der Waals surface area (Å²) in [5.74, 6) is 0.633. The van der Waals surface area contributed by atoms with E-state index in [2.05, 4.69) is 10.6 Å². The van der Waals surface area contributed by atoms with Gasteiger partial charge in [0.1, 0.15) is 17.4 Å². The van der Waals surface area contributed by atoms with Gasteiger partial charge in [-0.2, -0.15) is 0 Å². The Morgan fingerprint density at radius 2 is 1.82 bits per heavy atom. The number of hydrogen-bond acceptors (Lipinski definition) is 4. The second-order valence-corrected chi connectivity index (χ2v) is 8.95. The normalized spacial score (nSPS) is 23.1. The van der Waals surface area contributed by atoms with E-state index >= 15 is 0 Å². The van der Waals surface area contributed by atoms with Crippen LogP contribution in [0, 0.1) is 5.92 Å². The van der Waals surface area contributed by atoms with Crippen molar-refractivity contribution in [1.82, 2.24) is 5.32 Å². The molecule has 2 aliphatic heterocycles. The third-order valence-corrected chi connectivity index (χ3v) is 6.68. The molecule has 0 radical (unpaired) electrons. The number of anilines is 2. The molecular formula is C25H22ClN3O3S. The molecule has 2 aliphatic rings. The molecule has 1 fully saturated rings. The molecule has 2 bridgehead atoms. The summed E-state index contributed by atoms with van der Waals surface area (Å²) in [6, 6.07) is 21.9. The fraction of sp³-hybridized carbons (Fsp3) is 0.200. The molecule has 0 spiro atoms. The zero-order valence-electron chi connectivity index (χ0n) is 18.0. The number of carbonyl (C=O) groups excluding carboxylic acids is 1. The monoisotopic (exact) mass is 479 g/mol. The second-order valence-electron chi connectivity index (χ2n) is 8.13. The van der Waals surface area contributed by atoms with Gasteiger partial charge < -0.3 is 20.1 Å². The molecule has 1 saturated heterocycles. The van der Waals surface area contributed by atoms with E-state index in [0.29, 0.717) is 27.3 Å². The Labute approximate surface area is 202 Å². The second kappa shape index (κ2) is 8.24. The summed E-state index contributed by atoms with van der Waals surface area (Å²) in [6.45, 7) is 1.90. The largest absolute Gasteiger partial charge is 0.497 e. The van der Waals surface area contributed by atoms with E-state index < -0.39 is 11.6 Å². The molecule has 0 aliphatic carbocycles. The summed E-state index contributed by atoms with van der Waals surface area (Å²) in [5.41, 5.74) is 1.26. The van der Waals surface area contributed by atoms with Crippen LogP contribution < -0.4 is 25.0 Å². The number of ether oxygens (including phenoxy) is 2. The zero-order valence-corrected chi connectivity index (χ0v) is 19.6. The molecule has 2 heterocycles. The molecule has 33 heavy (non-hydrogen) atoms. The van der Waals surface area contributed by atoms with Crippen LogP contribution in [0.5, 0.6) is 11.5 Å². The predicted molar refractivity (Wildman–Crippen MR) is 133 cm³/mol. The average molecular weight is 480 g/mol. The molecule has 168 valence electrons. The number of amides is 1. The number of nitrogens with one attached hydrogen (secondary N) is 2. The SMILES string of the molecule is COc1ccc(NC(=O)[C@@H]2[C@@H]3NC(=S)N(c4ccc(Cl)cc4)[C@]2(C)Oc2ccccc23)cc1. The Bertz CT molecular complexity index is 1220. The van der Waals surface area contributed by atoms with Crippen LogP contribution >= 0.6 is 23.8 Å². The Morgan fingerprint density at radius 3 is 2.52 bits per heavy atom. The minimum atomic E-state index is -1.08. The van der Waals surface area contributed by atoms with E-state index in [4.69, 9.17) is 33.3 Å². The lowest BCUT2D eigenvalue weighted by molar-refractivity contribution is -0.130. The highest BCUT2D eigenvalue weighted by molar-refractivity contribution is 7.80. The number of carbonyl (C=O) groups is 1. The van der Waals surface area contributed by atoms with Gasteiger partial charge in [-0.05, 0) is 73.7 Å². The van der Waals surface area contributed by atoms with Crippen LogP contribution in [0.25, 0.3) is 0 Å². The van der Waals surface area contributed by atoms with Gasteiger partial charge in [-0.15, -0.1) is 0 Å². The standard InChI is InChI=1S/C25H22ClN3O3S/c1-25-21(23(30)27-16-9-13-18(31-2)14-10-16)22(19-5-3-4-6-20(19)32-25)28-24(33)29(25)17-11-7-15(26)8-12-17/h3-14,21-22H,1-2H3,(H,27,30)(H,28,33)/t21-,22+,25+/m0/s1. The third kappa shape index (κ3) is 3.67. The van der Waals surface area contributed by atoms with Crippen molar-refractivity contribution in [3.8, 4) is 11.5 Å². The number of thiocarbonyl (C=S) groups is 1. The summed E-state index contributed by atoms with van der Waals surface area (Å²) >= 11 is 11.9. The first-order valence-electron chi connectivity index (χ1n) is 10.5. The topological polar surface area (TPSA) is 62.8 Å². The van der Waals surface area contributed by atoms with Crippen molar-refractivity contribution in [2.75, 3.05) is 17.3 Å². The number of rotatable bonds is 4. The third-order valence-electron chi connectivity index (χ3n) is 6.13. The van der Waals surface area contributed by atoms with Gasteiger partial charge >= 0.3 is 0 Å². The fourth-order valence-electron chi connectivity index (χ4n) is 4.60. The van der Waals surface area contributed by atoms with Crippen LogP contribution in [-0.2, 0) is 4.79 Å². The lowest BCUT2D eigenvalue weighted by Gasteiger charge is -2.56. The predicted octanol–water partition coefficient (Wildman–Crippen LogP) is 5.15. The van der Waals surface area contributed by atoms with Crippen LogP contribution in [0.2, 0.25) is 5.02 Å². The van der Waals surface area contributed by atoms with E-state index in [9.17, 15) is 4.79 Å². The Hall–Kier alpha value is -3.29. The number of fused-ring (bicyclic) bond motifs is 4. The molecule has 8 heteroatoms. The fourth-order valence-corrected chi connectivity index (χ4v) is 5.14. The summed E-state index contributed by atoms with van der Waals surface area (Å²) in [5, 5.41) is 7.52. The zero-order chi connectivity index (χ0) is 23.2. The van der Waals surface area contributed by atoms with Gasteiger partial charge in [0.05, 0.1) is 13.2 Å². The molecule has 1 amide bonds. The highest BCUT2D eigenvalue weighted by atomic mass is 35.5. The van der Waals surface area contributed by atoms with Crippen LogP contribution in [0.1, 0.15) is 18.5 Å². The molecule has 0 aromatic heterocycles. The highest BCUT2D eigenvalue weighted by Crippen LogP contribution is 2.49. The maximum absolute atomic E-state index is 13.7. The molecule has 6 nitrogen and oxygen atoms in total. The maximum atomic E-state index is 13.7. The quantitative estimate of drug-likeness (QED) is 0.505. The lowest BCUT2D eigenvalue weighted by Crippen LogP contribution is -2.72. The summed E-state index contributed by atoms with van der Waals surface area (Å²) in [6.07, 6.45) is 0. The van der Waals surface area contributed by atoms with Crippen molar-refractivity contribution < 1.29 is 14.3 Å². The Morgan fingerprint density at radius 1 is 1.12 bits per heavy atom. The lowest BCUT2D eigenvalue weighted by atomic mass is 9.78. The van der Waals surface area contributed by atoms with E-state index in [1.165, 1.54) is 0 Å². The smallest absolute Gasteiger partial charge is 0.236 e. The first-order chi connectivity index (χ1) is 15.9. The van der Waals surface area contributed by atoms with Gasteiger partial charge in [0.15, 0.2) is 10.8 Å². The van der Waals surface area contributed by atoms with Gasteiger partial charge in [0.2, 0.25) is 5.91 Å². The highest BCUT2D eigenvalue weighted by Gasteiger charge is 2.59. The van der Waals surface area contributed by atoms with Gasteiger partial charge in [-0.1, -0.05) is 29.8 Å². The van der Waals surface area contributed by atoms with E-state index in [-0.39, 0.29) is 11.9 Å². The average Bonchev–Trinajstić information content (AvgIpc) is 2.80.